The number of hydrogen-bond acceptors (Lipinski definition) is 7. The van der Waals surface area contributed by atoms with Crippen LogP contribution in [0.5, 0.6) is 0 Å². The topological polar surface area (TPSA) is 112 Å². The SMILES string of the molecule is O=C(O)[C@H]1SCCN1S(=O)(=O)c1ccc(N=NN2CCOCC2)cc1. The maximum absolute atomic E-state index is 12.6. The molecular formula is C14H18N4O5S2. The number of morpholine rings is 1. The molecule has 2 aliphatic heterocycles. The van der Waals surface area contributed by atoms with Gasteiger partial charge in [0.1, 0.15) is 0 Å². The molecule has 3 rings (SSSR count). The predicted molar refractivity (Wildman–Crippen MR) is 91.1 cm³/mol. The number of ether oxygens (including phenoxy) is 1. The van der Waals surface area contributed by atoms with Crippen molar-refractivity contribution in [3.05, 3.63) is 24.3 Å². The first-order valence-corrected chi connectivity index (χ1v) is 10.2. The van der Waals surface area contributed by atoms with E-state index in [-0.39, 0.29) is 11.4 Å². The first kappa shape index (κ1) is 18.1. The Kier molecular flexibility index (Phi) is 5.57. The van der Waals surface area contributed by atoms with Crippen LogP contribution >= 0.6 is 11.8 Å². The summed E-state index contributed by atoms with van der Waals surface area (Å²) in [5, 5.41) is 18.0. The van der Waals surface area contributed by atoms with Gasteiger partial charge in [-0.1, -0.05) is 5.22 Å². The number of carboxylic acid groups (broad SMARTS) is 1. The normalized spacial score (nSPS) is 22.6. The lowest BCUT2D eigenvalue weighted by molar-refractivity contribution is -0.138. The molecule has 11 heteroatoms. The molecule has 25 heavy (non-hydrogen) atoms. The molecule has 1 atom stereocenters. The number of sulfonamides is 1. The van der Waals surface area contributed by atoms with E-state index >= 15 is 0 Å². The molecule has 2 saturated heterocycles. The largest absolute Gasteiger partial charge is 0.479 e. The molecule has 9 nitrogen and oxygen atoms in total. The van der Waals surface area contributed by atoms with Gasteiger partial charge in [0.05, 0.1) is 36.9 Å². The standard InChI is InChI=1S/C14H18N4O5S2/c19-14(20)13-18(7-10-24-13)25(21,22)12-3-1-11(2-4-12)15-16-17-5-8-23-9-6-17/h1-4,13H,5-10H2,(H,19,20)/t13-/m1/s1. The third-order valence-electron chi connectivity index (χ3n) is 3.78. The summed E-state index contributed by atoms with van der Waals surface area (Å²) < 4.78 is 31.5. The zero-order chi connectivity index (χ0) is 17.9. The monoisotopic (exact) mass is 386 g/mol. The second kappa shape index (κ2) is 7.68. The van der Waals surface area contributed by atoms with E-state index < -0.39 is 21.4 Å². The highest BCUT2D eigenvalue weighted by atomic mass is 32.2. The van der Waals surface area contributed by atoms with Crippen molar-refractivity contribution < 1.29 is 23.1 Å². The molecule has 0 unspecified atom stereocenters. The minimum absolute atomic E-state index is 0.0478. The van der Waals surface area contributed by atoms with E-state index in [1.165, 1.54) is 12.1 Å². The van der Waals surface area contributed by atoms with Gasteiger partial charge in [-0.05, 0) is 24.3 Å². The lowest BCUT2D eigenvalue weighted by Crippen LogP contribution is -2.39. The van der Waals surface area contributed by atoms with Crippen molar-refractivity contribution in [2.75, 3.05) is 38.6 Å². The van der Waals surface area contributed by atoms with Gasteiger partial charge in [-0.15, -0.1) is 16.9 Å². The molecule has 0 spiro atoms. The molecule has 1 aromatic rings. The zero-order valence-corrected chi connectivity index (χ0v) is 14.9. The van der Waals surface area contributed by atoms with Crippen molar-refractivity contribution in [1.29, 1.82) is 0 Å². The lowest BCUT2D eigenvalue weighted by Gasteiger charge is -2.22. The Balaban J connectivity index is 1.72. The predicted octanol–water partition coefficient (Wildman–Crippen LogP) is 1.17. The molecule has 1 aromatic carbocycles. The molecule has 1 N–H and O–H groups in total. The molecule has 0 bridgehead atoms. The van der Waals surface area contributed by atoms with Crippen LogP contribution in [-0.2, 0) is 19.6 Å². The highest BCUT2D eigenvalue weighted by Gasteiger charge is 2.40. The van der Waals surface area contributed by atoms with Crippen LogP contribution in [0.3, 0.4) is 0 Å². The third kappa shape index (κ3) is 4.11. The van der Waals surface area contributed by atoms with Gasteiger partial charge in [-0.3, -0.25) is 5.01 Å². The van der Waals surface area contributed by atoms with Crippen LogP contribution in [0.1, 0.15) is 0 Å². The summed E-state index contributed by atoms with van der Waals surface area (Å²) in [5.74, 6) is -0.691. The molecule has 136 valence electrons. The molecule has 0 saturated carbocycles. The maximum Gasteiger partial charge on any atom is 0.332 e. The van der Waals surface area contributed by atoms with Gasteiger partial charge in [0.15, 0.2) is 5.37 Å². The first-order chi connectivity index (χ1) is 12.0. The second-order valence-corrected chi connectivity index (χ2v) is 8.51. The Hall–Kier alpha value is -1.69. The Labute approximate surface area is 149 Å². The van der Waals surface area contributed by atoms with E-state index in [1.54, 1.807) is 17.1 Å². The van der Waals surface area contributed by atoms with Crippen molar-refractivity contribution in [3.8, 4) is 0 Å². The van der Waals surface area contributed by atoms with Crippen molar-refractivity contribution in [1.82, 2.24) is 9.31 Å². The summed E-state index contributed by atoms with van der Waals surface area (Å²) in [6, 6.07) is 5.95. The second-order valence-electron chi connectivity index (χ2n) is 5.43. The number of aliphatic carboxylic acids is 1. The van der Waals surface area contributed by atoms with Crippen LogP contribution in [0.25, 0.3) is 0 Å². The van der Waals surface area contributed by atoms with E-state index in [1.807, 2.05) is 0 Å². The van der Waals surface area contributed by atoms with Gasteiger partial charge in [-0.25, -0.2) is 13.2 Å². The molecule has 2 aliphatic rings. The Morgan fingerprint density at radius 1 is 1.20 bits per heavy atom. The van der Waals surface area contributed by atoms with Gasteiger partial charge in [0.25, 0.3) is 0 Å². The highest BCUT2D eigenvalue weighted by molar-refractivity contribution is 8.02. The number of benzene rings is 1. The quantitative estimate of drug-likeness (QED) is 0.756. The smallest absolute Gasteiger partial charge is 0.332 e. The van der Waals surface area contributed by atoms with E-state index in [0.717, 1.165) is 16.1 Å². The van der Waals surface area contributed by atoms with E-state index in [4.69, 9.17) is 9.84 Å². The average Bonchev–Trinajstić information content (AvgIpc) is 3.12. The van der Waals surface area contributed by atoms with Gasteiger partial charge in [-0.2, -0.15) is 4.31 Å². The molecular weight excluding hydrogens is 368 g/mol. The molecule has 2 heterocycles. The minimum Gasteiger partial charge on any atom is -0.479 e. The van der Waals surface area contributed by atoms with Gasteiger partial charge < -0.3 is 9.84 Å². The fraction of sp³-hybridized carbons (Fsp3) is 0.500. The van der Waals surface area contributed by atoms with Crippen LogP contribution in [-0.4, -0.2) is 72.8 Å². The average molecular weight is 386 g/mol. The van der Waals surface area contributed by atoms with Crippen molar-refractivity contribution in [2.45, 2.75) is 10.3 Å². The third-order valence-corrected chi connectivity index (χ3v) is 6.98. The fourth-order valence-electron chi connectivity index (χ4n) is 2.47. The summed E-state index contributed by atoms with van der Waals surface area (Å²) >= 11 is 1.11. The van der Waals surface area contributed by atoms with Crippen LogP contribution < -0.4 is 0 Å². The summed E-state index contributed by atoms with van der Waals surface area (Å²) in [6.45, 7) is 2.73. The Bertz CT molecular complexity index is 747. The summed E-state index contributed by atoms with van der Waals surface area (Å²) in [6.07, 6.45) is 0. The summed E-state index contributed by atoms with van der Waals surface area (Å²) in [7, 11) is -3.85. The number of carboxylic acids is 1. The number of hydrogen-bond donors (Lipinski definition) is 1. The first-order valence-electron chi connectivity index (χ1n) is 7.69. The van der Waals surface area contributed by atoms with E-state index in [2.05, 4.69) is 10.3 Å². The van der Waals surface area contributed by atoms with Crippen molar-refractivity contribution in [2.24, 2.45) is 10.3 Å². The molecule has 2 fully saturated rings. The summed E-state index contributed by atoms with van der Waals surface area (Å²) in [5.41, 5.74) is 0.524. The van der Waals surface area contributed by atoms with E-state index in [0.29, 0.717) is 37.7 Å². The van der Waals surface area contributed by atoms with Crippen LogP contribution in [0.4, 0.5) is 5.69 Å². The molecule has 0 radical (unpaired) electrons. The van der Waals surface area contributed by atoms with Gasteiger partial charge in [0.2, 0.25) is 10.0 Å². The van der Waals surface area contributed by atoms with Crippen molar-refractivity contribution >= 4 is 33.4 Å². The molecule has 0 aliphatic carbocycles. The van der Waals surface area contributed by atoms with Gasteiger partial charge >= 0.3 is 5.97 Å². The van der Waals surface area contributed by atoms with Crippen LogP contribution in [0.2, 0.25) is 0 Å². The summed E-state index contributed by atoms with van der Waals surface area (Å²) in [4.78, 5) is 11.3. The van der Waals surface area contributed by atoms with Crippen LogP contribution in [0, 0.1) is 0 Å². The lowest BCUT2D eigenvalue weighted by atomic mass is 10.3. The van der Waals surface area contributed by atoms with Crippen LogP contribution in [0.15, 0.2) is 39.5 Å². The zero-order valence-electron chi connectivity index (χ0n) is 13.3. The van der Waals surface area contributed by atoms with Crippen molar-refractivity contribution in [3.63, 3.8) is 0 Å². The maximum atomic E-state index is 12.6. The molecule has 0 aromatic heterocycles. The number of nitrogens with zero attached hydrogens (tertiary/aromatic N) is 4. The fourth-order valence-corrected chi connectivity index (χ4v) is 5.48. The Morgan fingerprint density at radius 2 is 1.88 bits per heavy atom. The Morgan fingerprint density at radius 3 is 2.52 bits per heavy atom. The highest BCUT2D eigenvalue weighted by Crippen LogP contribution is 2.30. The number of carbonyl (C=O) groups is 1. The van der Waals surface area contributed by atoms with E-state index in [9.17, 15) is 13.2 Å². The number of thioether (sulfide) groups is 1. The molecule has 0 amide bonds. The minimum atomic E-state index is -3.85. The van der Waals surface area contributed by atoms with Gasteiger partial charge in [0, 0.05) is 12.3 Å². The number of rotatable bonds is 5.